The maximum atomic E-state index is 5.62. The van der Waals surface area contributed by atoms with Crippen molar-refractivity contribution in [2.45, 2.75) is 39.2 Å². The molecule has 94 valence electrons. The lowest BCUT2D eigenvalue weighted by molar-refractivity contribution is 0.0892. The van der Waals surface area contributed by atoms with Gasteiger partial charge in [-0.2, -0.15) is 0 Å². The van der Waals surface area contributed by atoms with Crippen molar-refractivity contribution in [3.05, 3.63) is 0 Å². The molecule has 0 aliphatic carbocycles. The number of nitrogens with two attached hydrogens (primary N) is 1. The largest absolute Gasteiger partial charge is 0.378 e. The molecule has 0 aromatic rings. The first-order valence-corrected chi connectivity index (χ1v) is 6.18. The third kappa shape index (κ3) is 3.98. The highest BCUT2D eigenvalue weighted by atomic mass is 16.5. The molecule has 1 fully saturated rings. The van der Waals surface area contributed by atoms with Crippen LogP contribution in [0.15, 0.2) is 4.99 Å². The molecule has 2 atom stereocenters. The third-order valence-corrected chi connectivity index (χ3v) is 2.91. The number of hydrazine groups is 1. The summed E-state index contributed by atoms with van der Waals surface area (Å²) in [4.78, 5) is 4.45. The van der Waals surface area contributed by atoms with Gasteiger partial charge in [0.2, 0.25) is 5.96 Å². The monoisotopic (exact) mass is 228 g/mol. The lowest BCUT2D eigenvalue weighted by atomic mass is 10.0. The third-order valence-electron chi connectivity index (χ3n) is 2.91. The van der Waals surface area contributed by atoms with Gasteiger partial charge in [-0.25, -0.2) is 5.84 Å². The van der Waals surface area contributed by atoms with Gasteiger partial charge in [0.1, 0.15) is 0 Å². The smallest absolute Gasteiger partial charge is 0.205 e. The summed E-state index contributed by atoms with van der Waals surface area (Å²) >= 11 is 0. The first-order chi connectivity index (χ1) is 7.81. The number of nitrogens with zero attached hydrogens (tertiary/aromatic N) is 1. The molecule has 1 heterocycles. The molecule has 0 aromatic heterocycles. The number of nitrogens with one attached hydrogen (secondary N) is 2. The molecule has 1 saturated heterocycles. The Morgan fingerprint density at radius 2 is 2.31 bits per heavy atom. The Morgan fingerprint density at radius 3 is 2.94 bits per heavy atom. The van der Waals surface area contributed by atoms with E-state index >= 15 is 0 Å². The molecule has 5 heteroatoms. The van der Waals surface area contributed by atoms with E-state index in [4.69, 9.17) is 10.6 Å². The molecular formula is C11H24N4O. The molecule has 4 N–H and O–H groups in total. The molecule has 2 unspecified atom stereocenters. The summed E-state index contributed by atoms with van der Waals surface area (Å²) in [6, 6.07) is 0. The van der Waals surface area contributed by atoms with Gasteiger partial charge in [0.15, 0.2) is 0 Å². The molecule has 0 radical (unpaired) electrons. The lowest BCUT2D eigenvalue weighted by Gasteiger charge is -2.15. The molecule has 0 aromatic carbocycles. The van der Waals surface area contributed by atoms with Crippen LogP contribution in [0.25, 0.3) is 0 Å². The molecule has 5 nitrogen and oxygen atoms in total. The van der Waals surface area contributed by atoms with Gasteiger partial charge >= 0.3 is 0 Å². The van der Waals surface area contributed by atoms with Crippen molar-refractivity contribution >= 4 is 5.96 Å². The van der Waals surface area contributed by atoms with Gasteiger partial charge in [-0.3, -0.25) is 10.4 Å². The SMILES string of the molecule is CCCNC(=NCC1CCOC1CC)NN. The fourth-order valence-electron chi connectivity index (χ4n) is 1.96. The van der Waals surface area contributed by atoms with Crippen LogP contribution < -0.4 is 16.6 Å². The number of ether oxygens (including phenoxy) is 1. The fourth-order valence-corrected chi connectivity index (χ4v) is 1.96. The van der Waals surface area contributed by atoms with E-state index in [2.05, 4.69) is 29.6 Å². The maximum absolute atomic E-state index is 5.62. The Labute approximate surface area is 97.8 Å². The van der Waals surface area contributed by atoms with Crippen LogP contribution in [0, 0.1) is 5.92 Å². The van der Waals surface area contributed by atoms with Crippen LogP contribution in [-0.4, -0.2) is 31.8 Å². The summed E-state index contributed by atoms with van der Waals surface area (Å²) in [6.07, 6.45) is 3.60. The quantitative estimate of drug-likeness (QED) is 0.279. The zero-order valence-electron chi connectivity index (χ0n) is 10.3. The summed E-state index contributed by atoms with van der Waals surface area (Å²) in [6.45, 7) is 6.81. The summed E-state index contributed by atoms with van der Waals surface area (Å²) in [5, 5.41) is 3.15. The predicted molar refractivity (Wildman–Crippen MR) is 66.1 cm³/mol. The van der Waals surface area contributed by atoms with E-state index in [-0.39, 0.29) is 0 Å². The van der Waals surface area contributed by atoms with Crippen molar-refractivity contribution in [2.75, 3.05) is 19.7 Å². The van der Waals surface area contributed by atoms with Crippen LogP contribution in [-0.2, 0) is 4.74 Å². The van der Waals surface area contributed by atoms with Crippen LogP contribution in [0.3, 0.4) is 0 Å². The molecule has 1 aliphatic rings. The first kappa shape index (κ1) is 13.3. The fraction of sp³-hybridized carbons (Fsp3) is 0.909. The average Bonchev–Trinajstić information content (AvgIpc) is 2.77. The Balaban J connectivity index is 2.36. The molecule has 0 bridgehead atoms. The first-order valence-electron chi connectivity index (χ1n) is 6.18. The van der Waals surface area contributed by atoms with Gasteiger partial charge in [0.25, 0.3) is 0 Å². The van der Waals surface area contributed by atoms with E-state index in [1.807, 2.05) is 0 Å². The molecule has 1 rings (SSSR count). The molecule has 0 saturated carbocycles. The Bertz CT molecular complexity index is 220. The summed E-state index contributed by atoms with van der Waals surface area (Å²) in [5.74, 6) is 6.61. The van der Waals surface area contributed by atoms with E-state index < -0.39 is 0 Å². The van der Waals surface area contributed by atoms with E-state index in [1.54, 1.807) is 0 Å². The van der Waals surface area contributed by atoms with Gasteiger partial charge in [0, 0.05) is 25.6 Å². The summed E-state index contributed by atoms with van der Waals surface area (Å²) in [7, 11) is 0. The number of rotatable bonds is 5. The van der Waals surface area contributed by atoms with Crippen LogP contribution in [0.5, 0.6) is 0 Å². The molecule has 1 aliphatic heterocycles. The zero-order chi connectivity index (χ0) is 11.8. The Morgan fingerprint density at radius 1 is 1.50 bits per heavy atom. The van der Waals surface area contributed by atoms with Gasteiger partial charge < -0.3 is 10.1 Å². The summed E-state index contributed by atoms with van der Waals surface area (Å²) in [5.41, 5.74) is 2.59. The highest BCUT2D eigenvalue weighted by Crippen LogP contribution is 2.23. The summed E-state index contributed by atoms with van der Waals surface area (Å²) < 4.78 is 5.62. The average molecular weight is 228 g/mol. The Kier molecular flexibility index (Phi) is 6.18. The van der Waals surface area contributed by atoms with Crippen LogP contribution in [0.4, 0.5) is 0 Å². The van der Waals surface area contributed by atoms with Crippen molar-refractivity contribution in [1.29, 1.82) is 0 Å². The number of hydrogen-bond acceptors (Lipinski definition) is 3. The van der Waals surface area contributed by atoms with E-state index in [9.17, 15) is 0 Å². The van der Waals surface area contributed by atoms with Crippen molar-refractivity contribution < 1.29 is 4.74 Å². The van der Waals surface area contributed by atoms with Crippen LogP contribution >= 0.6 is 0 Å². The van der Waals surface area contributed by atoms with Gasteiger partial charge in [-0.15, -0.1) is 0 Å². The van der Waals surface area contributed by atoms with Gasteiger partial charge in [-0.1, -0.05) is 13.8 Å². The number of hydrogen-bond donors (Lipinski definition) is 3. The topological polar surface area (TPSA) is 71.7 Å². The van der Waals surface area contributed by atoms with Crippen molar-refractivity contribution in [3.8, 4) is 0 Å². The second-order valence-corrected chi connectivity index (χ2v) is 4.13. The molecule has 16 heavy (non-hydrogen) atoms. The van der Waals surface area contributed by atoms with Gasteiger partial charge in [0.05, 0.1) is 6.10 Å². The molecule has 0 amide bonds. The number of aliphatic imine (C=N–C) groups is 1. The minimum Gasteiger partial charge on any atom is -0.378 e. The minimum atomic E-state index is 0.369. The van der Waals surface area contributed by atoms with E-state index in [0.29, 0.717) is 18.0 Å². The van der Waals surface area contributed by atoms with E-state index in [0.717, 1.165) is 39.0 Å². The Hall–Kier alpha value is -0.810. The van der Waals surface area contributed by atoms with Crippen molar-refractivity contribution in [3.63, 3.8) is 0 Å². The van der Waals surface area contributed by atoms with Crippen LogP contribution in [0.2, 0.25) is 0 Å². The highest BCUT2D eigenvalue weighted by Gasteiger charge is 2.26. The second-order valence-electron chi connectivity index (χ2n) is 4.13. The predicted octanol–water partition coefficient (Wildman–Crippen LogP) is 0.620. The van der Waals surface area contributed by atoms with E-state index in [1.165, 1.54) is 0 Å². The second kappa shape index (κ2) is 7.46. The molecular weight excluding hydrogens is 204 g/mol. The number of guanidine groups is 1. The van der Waals surface area contributed by atoms with Gasteiger partial charge in [-0.05, 0) is 19.3 Å². The minimum absolute atomic E-state index is 0.369. The van der Waals surface area contributed by atoms with Crippen LogP contribution in [0.1, 0.15) is 33.1 Å². The standard InChI is InChI=1S/C11H24N4O/c1-3-6-13-11(15-12)14-8-9-5-7-16-10(9)4-2/h9-10H,3-8,12H2,1-2H3,(H2,13,14,15). The molecule has 0 spiro atoms. The van der Waals surface area contributed by atoms with Crippen molar-refractivity contribution in [2.24, 2.45) is 16.8 Å². The lowest BCUT2D eigenvalue weighted by Crippen LogP contribution is -2.42. The zero-order valence-corrected chi connectivity index (χ0v) is 10.3. The normalized spacial score (nSPS) is 25.8. The maximum Gasteiger partial charge on any atom is 0.205 e. The highest BCUT2D eigenvalue weighted by molar-refractivity contribution is 5.79. The van der Waals surface area contributed by atoms with Crippen molar-refractivity contribution in [1.82, 2.24) is 10.7 Å².